The molecule has 5 heavy (non-hydrogen) atoms. The van der Waals surface area contributed by atoms with E-state index < -0.39 is 0 Å². The van der Waals surface area contributed by atoms with Gasteiger partial charge in [-0.3, -0.25) is 0 Å². The summed E-state index contributed by atoms with van der Waals surface area (Å²) in [6.07, 6.45) is 0.765. The first kappa shape index (κ1) is 9.06. The SMILES string of the molecule is OC=CCl.[H-].[Li+]. The Balaban J connectivity index is -0.0000000450. The molecule has 0 fully saturated rings. The molecule has 0 spiro atoms. The zero-order valence-corrected chi connectivity index (χ0v) is 3.74. The molecule has 0 aromatic rings. The fourth-order valence-electron chi connectivity index (χ4n) is 0. The molecule has 0 radical (unpaired) electrons. The van der Waals surface area contributed by atoms with Crippen molar-refractivity contribution in [3.63, 3.8) is 0 Å². The summed E-state index contributed by atoms with van der Waals surface area (Å²) in [4.78, 5) is 0. The number of halogens is 1. The van der Waals surface area contributed by atoms with Crippen molar-refractivity contribution in [1.82, 2.24) is 0 Å². The van der Waals surface area contributed by atoms with E-state index in [4.69, 9.17) is 16.7 Å². The predicted molar refractivity (Wildman–Crippen MR) is 18.7 cm³/mol. The number of aliphatic hydroxyl groups excluding tert-OH is 1. The molecule has 0 aromatic carbocycles. The molecule has 3 heteroatoms. The van der Waals surface area contributed by atoms with Crippen LogP contribution in [-0.4, -0.2) is 5.11 Å². The van der Waals surface area contributed by atoms with Crippen molar-refractivity contribution in [3.05, 3.63) is 11.8 Å². The fraction of sp³-hybridized carbons (Fsp3) is 0. The van der Waals surface area contributed by atoms with Gasteiger partial charge in [-0.25, -0.2) is 0 Å². The minimum Gasteiger partial charge on any atom is -1.00 e. The number of aliphatic hydroxyl groups is 1. The maximum Gasteiger partial charge on any atom is 1.00 e. The second-order valence-corrected chi connectivity index (χ2v) is 0.527. The average Bonchev–Trinajstić information content (AvgIpc) is 1.37. The molecule has 0 unspecified atom stereocenters. The van der Waals surface area contributed by atoms with Crippen LogP contribution in [0, 0.1) is 0 Å². The van der Waals surface area contributed by atoms with Crippen LogP contribution in [0.4, 0.5) is 0 Å². The van der Waals surface area contributed by atoms with Crippen LogP contribution in [-0.2, 0) is 0 Å². The van der Waals surface area contributed by atoms with Crippen molar-refractivity contribution in [2.45, 2.75) is 0 Å². The standard InChI is InChI=1S/C2H3ClO.Li.H/c3-1-2-4;;/h1-2,4H;;/q;+1;-1. The topological polar surface area (TPSA) is 20.2 Å². The van der Waals surface area contributed by atoms with Crippen LogP contribution in [0.15, 0.2) is 11.8 Å². The smallest absolute Gasteiger partial charge is 1.00 e. The first-order valence-corrected chi connectivity index (χ1v) is 1.25. The second-order valence-electron chi connectivity index (χ2n) is 0.275. The first-order chi connectivity index (χ1) is 1.91. The van der Waals surface area contributed by atoms with Crippen molar-refractivity contribution in [1.29, 1.82) is 0 Å². The molecule has 0 aromatic heterocycles. The van der Waals surface area contributed by atoms with E-state index in [1.165, 1.54) is 0 Å². The van der Waals surface area contributed by atoms with Gasteiger partial charge >= 0.3 is 18.9 Å². The molecular formula is C2H4ClLiO. The number of hydrogen-bond acceptors (Lipinski definition) is 1. The van der Waals surface area contributed by atoms with Crippen molar-refractivity contribution < 1.29 is 25.4 Å². The molecule has 0 aliphatic carbocycles. The zero-order valence-electron chi connectivity index (χ0n) is 3.98. The van der Waals surface area contributed by atoms with Crippen molar-refractivity contribution in [3.8, 4) is 0 Å². The van der Waals surface area contributed by atoms with Crippen molar-refractivity contribution >= 4 is 11.6 Å². The summed E-state index contributed by atoms with van der Waals surface area (Å²) < 4.78 is 0. The van der Waals surface area contributed by atoms with E-state index >= 15 is 0 Å². The minimum atomic E-state index is 0. The number of hydrogen-bond donors (Lipinski definition) is 1. The van der Waals surface area contributed by atoms with E-state index in [1.54, 1.807) is 0 Å². The van der Waals surface area contributed by atoms with Gasteiger partial charge in [0.2, 0.25) is 0 Å². The molecule has 0 aliphatic heterocycles. The predicted octanol–water partition coefficient (Wildman–Crippen LogP) is -1.63. The van der Waals surface area contributed by atoms with Crippen LogP contribution in [0.2, 0.25) is 0 Å². The van der Waals surface area contributed by atoms with Gasteiger partial charge in [0.1, 0.15) is 0 Å². The summed E-state index contributed by atoms with van der Waals surface area (Å²) in [5.41, 5.74) is 1.03. The van der Waals surface area contributed by atoms with E-state index in [1.807, 2.05) is 0 Å². The third kappa shape index (κ3) is 12.8. The Bertz CT molecular complexity index is 28.7. The third-order valence-electron chi connectivity index (χ3n) is 0.0563. The van der Waals surface area contributed by atoms with Crippen molar-refractivity contribution in [2.75, 3.05) is 0 Å². The van der Waals surface area contributed by atoms with Crippen LogP contribution in [0.5, 0.6) is 0 Å². The number of rotatable bonds is 0. The summed E-state index contributed by atoms with van der Waals surface area (Å²) in [7, 11) is 0. The Labute approximate surface area is 49.3 Å². The van der Waals surface area contributed by atoms with E-state index in [0.717, 1.165) is 11.8 Å². The molecule has 0 amide bonds. The van der Waals surface area contributed by atoms with Crippen molar-refractivity contribution in [2.24, 2.45) is 0 Å². The zero-order chi connectivity index (χ0) is 3.41. The van der Waals surface area contributed by atoms with Gasteiger partial charge in [-0.05, 0) is 0 Å². The average molecular weight is 86.4 g/mol. The van der Waals surface area contributed by atoms with Gasteiger partial charge in [0.25, 0.3) is 0 Å². The van der Waals surface area contributed by atoms with Crippen LogP contribution < -0.4 is 18.9 Å². The second kappa shape index (κ2) is 8.83. The van der Waals surface area contributed by atoms with Gasteiger partial charge in [-0.2, -0.15) is 0 Å². The van der Waals surface area contributed by atoms with E-state index in [2.05, 4.69) is 0 Å². The summed E-state index contributed by atoms with van der Waals surface area (Å²) >= 11 is 4.76. The molecular weight excluding hydrogens is 82.4 g/mol. The Kier molecular flexibility index (Phi) is 16.0. The normalized spacial score (nSPS) is 7.40. The van der Waals surface area contributed by atoms with E-state index in [9.17, 15) is 0 Å². The molecule has 26 valence electrons. The Morgan fingerprint density at radius 3 is 2.00 bits per heavy atom. The molecule has 0 aliphatic rings. The van der Waals surface area contributed by atoms with Crippen LogP contribution in [0.25, 0.3) is 0 Å². The molecule has 0 heterocycles. The Morgan fingerprint density at radius 2 is 2.00 bits per heavy atom. The monoisotopic (exact) mass is 86.0 g/mol. The van der Waals surface area contributed by atoms with Crippen LogP contribution >= 0.6 is 11.6 Å². The Morgan fingerprint density at radius 1 is 1.80 bits per heavy atom. The minimum absolute atomic E-state index is 0. The van der Waals surface area contributed by atoms with Gasteiger partial charge in [-0.15, -0.1) is 0 Å². The largest absolute Gasteiger partial charge is 1.00 e. The van der Waals surface area contributed by atoms with Crippen LogP contribution in [0.1, 0.15) is 1.43 Å². The summed E-state index contributed by atoms with van der Waals surface area (Å²) in [6.45, 7) is 0. The molecule has 0 bridgehead atoms. The van der Waals surface area contributed by atoms with E-state index in [-0.39, 0.29) is 20.3 Å². The van der Waals surface area contributed by atoms with Gasteiger partial charge in [0, 0.05) is 5.54 Å². The fourth-order valence-corrected chi connectivity index (χ4v) is 0. The van der Waals surface area contributed by atoms with Gasteiger partial charge in [-0.1, -0.05) is 11.6 Å². The van der Waals surface area contributed by atoms with Crippen LogP contribution in [0.3, 0.4) is 0 Å². The first-order valence-electron chi connectivity index (χ1n) is 0.810. The molecule has 1 nitrogen and oxygen atoms in total. The van der Waals surface area contributed by atoms with Gasteiger partial charge in [0.05, 0.1) is 6.26 Å². The quantitative estimate of drug-likeness (QED) is 0.277. The maximum absolute atomic E-state index is 7.56. The Hall–Kier alpha value is 0.427. The van der Waals surface area contributed by atoms with Gasteiger partial charge < -0.3 is 6.53 Å². The molecule has 0 atom stereocenters. The van der Waals surface area contributed by atoms with Gasteiger partial charge in [0.15, 0.2) is 0 Å². The molecule has 0 rings (SSSR count). The molecule has 1 N–H and O–H groups in total. The summed E-state index contributed by atoms with van der Waals surface area (Å²) in [5, 5.41) is 7.56. The third-order valence-corrected chi connectivity index (χ3v) is 0.169. The molecule has 0 saturated carbocycles. The summed E-state index contributed by atoms with van der Waals surface area (Å²) in [5.74, 6) is 0. The molecule has 0 saturated heterocycles. The van der Waals surface area contributed by atoms with E-state index in [0.29, 0.717) is 0 Å². The maximum atomic E-state index is 7.56. The summed E-state index contributed by atoms with van der Waals surface area (Å²) in [6, 6.07) is 0.